The lowest BCUT2D eigenvalue weighted by atomic mass is 9.69. The van der Waals surface area contributed by atoms with E-state index in [1.54, 1.807) is 0 Å². The molecule has 2 N–H and O–H groups in total. The van der Waals surface area contributed by atoms with Crippen LogP contribution in [0.2, 0.25) is 10.0 Å². The Morgan fingerprint density at radius 3 is 1.00 bits per heavy atom. The van der Waals surface area contributed by atoms with Gasteiger partial charge in [-0.15, -0.1) is 0 Å². The molecule has 0 amide bonds. The zero-order chi connectivity index (χ0) is 26.8. The highest BCUT2D eigenvalue weighted by molar-refractivity contribution is 6.30. The summed E-state index contributed by atoms with van der Waals surface area (Å²) in [6, 6.07) is 22.0. The Bertz CT molecular complexity index is 1240. The average Bonchev–Trinajstić information content (AvgIpc) is 2.93. The first-order valence-corrected chi connectivity index (χ1v) is 12.0. The topological polar surface area (TPSA) is 58.9 Å². The SMILES string of the molecule is COc1ccc(C(O)(c2ccc(Cl)cc2)C(F)(F)C(O)(c2ccc(Cl)cc2)c2ccc(OC)cc2)cc1. The van der Waals surface area contributed by atoms with Crippen LogP contribution in [0.5, 0.6) is 11.5 Å². The summed E-state index contributed by atoms with van der Waals surface area (Å²) in [6.07, 6.45) is 0. The third-order valence-corrected chi connectivity index (χ3v) is 6.95. The minimum Gasteiger partial charge on any atom is -0.497 e. The number of ether oxygens (including phenoxy) is 2. The van der Waals surface area contributed by atoms with E-state index in [4.69, 9.17) is 32.7 Å². The molecule has 0 aliphatic heterocycles. The van der Waals surface area contributed by atoms with Crippen molar-refractivity contribution in [1.82, 2.24) is 0 Å². The third kappa shape index (κ3) is 4.55. The number of rotatable bonds is 8. The van der Waals surface area contributed by atoms with Gasteiger partial charge in [0, 0.05) is 10.0 Å². The summed E-state index contributed by atoms with van der Waals surface area (Å²) in [5.74, 6) is -3.44. The van der Waals surface area contributed by atoms with Crippen molar-refractivity contribution in [3.63, 3.8) is 0 Å². The highest BCUT2D eigenvalue weighted by Crippen LogP contribution is 2.55. The van der Waals surface area contributed by atoms with E-state index in [-0.39, 0.29) is 22.3 Å². The number of methoxy groups -OCH3 is 2. The van der Waals surface area contributed by atoms with E-state index in [0.29, 0.717) is 21.5 Å². The molecule has 0 fully saturated rings. The predicted octanol–water partition coefficient (Wildman–Crippen LogP) is 6.82. The summed E-state index contributed by atoms with van der Waals surface area (Å²) < 4.78 is 44.7. The normalized spacial score (nSPS) is 14.9. The summed E-state index contributed by atoms with van der Waals surface area (Å²) >= 11 is 12.1. The Morgan fingerprint density at radius 1 is 0.514 bits per heavy atom. The summed E-state index contributed by atoms with van der Waals surface area (Å²) in [5, 5.41) is 24.8. The number of alkyl halides is 2. The van der Waals surface area contributed by atoms with Gasteiger partial charge >= 0.3 is 5.92 Å². The van der Waals surface area contributed by atoms with E-state index < -0.39 is 17.1 Å². The molecule has 8 heteroatoms. The van der Waals surface area contributed by atoms with Crippen molar-refractivity contribution in [2.45, 2.75) is 17.1 Å². The second kappa shape index (κ2) is 10.3. The minimum atomic E-state index is -4.26. The maximum atomic E-state index is 17.2. The van der Waals surface area contributed by atoms with Crippen molar-refractivity contribution in [2.24, 2.45) is 0 Å². The van der Waals surface area contributed by atoms with Crippen LogP contribution in [-0.2, 0) is 11.2 Å². The monoisotopic (exact) mass is 544 g/mol. The summed E-state index contributed by atoms with van der Waals surface area (Å²) in [5.41, 5.74) is -6.71. The lowest BCUT2D eigenvalue weighted by Crippen LogP contribution is -2.60. The van der Waals surface area contributed by atoms with Crippen molar-refractivity contribution < 1.29 is 28.5 Å². The number of halogens is 4. The molecule has 4 aromatic carbocycles. The van der Waals surface area contributed by atoms with Gasteiger partial charge in [0.15, 0.2) is 11.2 Å². The predicted molar refractivity (Wildman–Crippen MR) is 140 cm³/mol. The molecule has 4 aromatic rings. The molecule has 0 aromatic heterocycles. The van der Waals surface area contributed by atoms with E-state index >= 15 is 8.78 Å². The van der Waals surface area contributed by atoms with Crippen molar-refractivity contribution in [3.8, 4) is 11.5 Å². The standard InChI is InChI=1S/C29H24Cl2F2O4/c1-36-25-15-7-21(8-16-25)27(34,19-3-11-23(30)12-4-19)29(32,33)28(35,20-5-13-24(31)14-6-20)22-9-17-26(37-2)18-10-22/h3-18,34-35H,1-2H3. The number of aliphatic hydroxyl groups is 2. The van der Waals surface area contributed by atoms with Crippen LogP contribution in [0.15, 0.2) is 97.1 Å². The largest absolute Gasteiger partial charge is 0.497 e. The molecule has 4 rings (SSSR count). The number of benzene rings is 4. The first-order chi connectivity index (χ1) is 17.6. The first kappa shape index (κ1) is 26.9. The number of hydrogen-bond donors (Lipinski definition) is 2. The molecule has 0 saturated heterocycles. The molecule has 4 nitrogen and oxygen atoms in total. The minimum absolute atomic E-state index is 0.165. The van der Waals surface area contributed by atoms with Crippen LogP contribution in [0.25, 0.3) is 0 Å². The molecule has 0 aliphatic rings. The maximum Gasteiger partial charge on any atom is 0.320 e. The fraction of sp³-hybridized carbons (Fsp3) is 0.172. The maximum absolute atomic E-state index is 17.2. The fourth-order valence-electron chi connectivity index (χ4n) is 4.37. The second-order valence-corrected chi connectivity index (χ2v) is 9.34. The molecule has 0 spiro atoms. The lowest BCUT2D eigenvalue weighted by molar-refractivity contribution is -0.255. The van der Waals surface area contributed by atoms with Crippen LogP contribution in [0, 0.1) is 0 Å². The van der Waals surface area contributed by atoms with Crippen LogP contribution in [0.4, 0.5) is 8.78 Å². The smallest absolute Gasteiger partial charge is 0.320 e. The third-order valence-electron chi connectivity index (χ3n) is 6.45. The lowest BCUT2D eigenvalue weighted by Gasteiger charge is -2.46. The molecule has 0 radical (unpaired) electrons. The van der Waals surface area contributed by atoms with Crippen LogP contribution >= 0.6 is 23.2 Å². The molecule has 0 aliphatic carbocycles. The Morgan fingerprint density at radius 2 is 0.757 bits per heavy atom. The highest BCUT2D eigenvalue weighted by atomic mass is 35.5. The highest BCUT2D eigenvalue weighted by Gasteiger charge is 2.68. The van der Waals surface area contributed by atoms with Crippen LogP contribution < -0.4 is 9.47 Å². The molecule has 192 valence electrons. The molecule has 2 unspecified atom stereocenters. The van der Waals surface area contributed by atoms with Gasteiger partial charge in [-0.2, -0.15) is 8.78 Å². The molecule has 37 heavy (non-hydrogen) atoms. The zero-order valence-corrected chi connectivity index (χ0v) is 21.5. The van der Waals surface area contributed by atoms with Crippen molar-refractivity contribution in [2.75, 3.05) is 14.2 Å². The van der Waals surface area contributed by atoms with E-state index in [1.165, 1.54) is 111 Å². The Labute approximate surface area is 223 Å². The van der Waals surface area contributed by atoms with E-state index in [9.17, 15) is 10.2 Å². The molecular weight excluding hydrogens is 521 g/mol. The summed E-state index contributed by atoms with van der Waals surface area (Å²) in [4.78, 5) is 0. The van der Waals surface area contributed by atoms with Crippen LogP contribution in [0.1, 0.15) is 22.3 Å². The molecule has 0 bridgehead atoms. The Hall–Kier alpha value is -3.16. The van der Waals surface area contributed by atoms with Gasteiger partial charge in [-0.05, 0) is 70.8 Å². The van der Waals surface area contributed by atoms with E-state index in [0.717, 1.165) is 0 Å². The van der Waals surface area contributed by atoms with Crippen molar-refractivity contribution >= 4 is 23.2 Å². The van der Waals surface area contributed by atoms with Gasteiger partial charge in [-0.3, -0.25) is 0 Å². The van der Waals surface area contributed by atoms with Crippen LogP contribution in [0.3, 0.4) is 0 Å². The van der Waals surface area contributed by atoms with Crippen LogP contribution in [-0.4, -0.2) is 30.4 Å². The number of hydrogen-bond acceptors (Lipinski definition) is 4. The molecular formula is C29H24Cl2F2O4. The fourth-order valence-corrected chi connectivity index (χ4v) is 4.62. The van der Waals surface area contributed by atoms with E-state index in [2.05, 4.69) is 0 Å². The van der Waals surface area contributed by atoms with Gasteiger partial charge in [0.1, 0.15) is 11.5 Å². The first-order valence-electron chi connectivity index (χ1n) is 11.2. The average molecular weight is 545 g/mol. The Kier molecular flexibility index (Phi) is 7.49. The van der Waals surface area contributed by atoms with Gasteiger partial charge < -0.3 is 19.7 Å². The van der Waals surface area contributed by atoms with Gasteiger partial charge in [-0.25, -0.2) is 0 Å². The summed E-state index contributed by atoms with van der Waals surface area (Å²) in [7, 11) is 2.88. The van der Waals surface area contributed by atoms with Gasteiger partial charge in [0.25, 0.3) is 0 Å². The van der Waals surface area contributed by atoms with Gasteiger partial charge in [0.2, 0.25) is 0 Å². The van der Waals surface area contributed by atoms with Crippen molar-refractivity contribution in [1.29, 1.82) is 0 Å². The molecule has 0 saturated carbocycles. The van der Waals surface area contributed by atoms with Gasteiger partial charge in [0.05, 0.1) is 14.2 Å². The molecule has 2 atom stereocenters. The Balaban J connectivity index is 2.04. The summed E-state index contributed by atoms with van der Waals surface area (Å²) in [6.45, 7) is 0. The second-order valence-electron chi connectivity index (χ2n) is 8.47. The quantitative estimate of drug-likeness (QED) is 0.255. The van der Waals surface area contributed by atoms with Crippen molar-refractivity contribution in [3.05, 3.63) is 129 Å². The zero-order valence-electron chi connectivity index (χ0n) is 20.0. The van der Waals surface area contributed by atoms with Gasteiger partial charge in [-0.1, -0.05) is 71.7 Å². The molecule has 0 heterocycles. The van der Waals surface area contributed by atoms with E-state index in [1.807, 2.05) is 0 Å².